The molecule has 3 nitrogen and oxygen atoms in total. The molecule has 0 aliphatic heterocycles. The van der Waals surface area contributed by atoms with Crippen LogP contribution in [0, 0.1) is 17.5 Å². The lowest BCUT2D eigenvalue weighted by Crippen LogP contribution is -2.14. The van der Waals surface area contributed by atoms with Gasteiger partial charge in [0.2, 0.25) is 0 Å². The molecule has 0 aliphatic rings. The third-order valence-electron chi connectivity index (χ3n) is 3.30. The molecule has 1 N–H and O–H groups in total. The van der Waals surface area contributed by atoms with Gasteiger partial charge in [0.15, 0.2) is 0 Å². The van der Waals surface area contributed by atoms with Crippen LogP contribution in [0.2, 0.25) is 0 Å². The first kappa shape index (κ1) is 15.4. The molecule has 0 unspecified atom stereocenters. The summed E-state index contributed by atoms with van der Waals surface area (Å²) in [5.74, 6) is -2.43. The molecule has 0 atom stereocenters. The van der Waals surface area contributed by atoms with Gasteiger partial charge in [-0.2, -0.15) is 0 Å². The maximum atomic E-state index is 13.8. The van der Waals surface area contributed by atoms with Gasteiger partial charge >= 0.3 is 0 Å². The summed E-state index contributed by atoms with van der Waals surface area (Å²) in [4.78, 5) is -0.196. The zero-order chi connectivity index (χ0) is 16.6. The van der Waals surface area contributed by atoms with Gasteiger partial charge in [-0.15, -0.1) is 0 Å². The summed E-state index contributed by atoms with van der Waals surface area (Å²) in [5.41, 5.74) is -0.389. The van der Waals surface area contributed by atoms with E-state index in [9.17, 15) is 21.6 Å². The quantitative estimate of drug-likeness (QED) is 0.783. The fourth-order valence-electron chi connectivity index (χ4n) is 2.24. The maximum absolute atomic E-state index is 13.8. The number of fused-ring (bicyclic) bond motifs is 1. The minimum atomic E-state index is -4.17. The van der Waals surface area contributed by atoms with E-state index in [0.717, 1.165) is 24.3 Å². The van der Waals surface area contributed by atoms with Gasteiger partial charge in [0, 0.05) is 16.8 Å². The first-order valence-corrected chi connectivity index (χ1v) is 8.02. The van der Waals surface area contributed by atoms with E-state index in [0.29, 0.717) is 6.07 Å². The highest BCUT2D eigenvalue weighted by molar-refractivity contribution is 7.93. The van der Waals surface area contributed by atoms with Crippen LogP contribution in [0.25, 0.3) is 10.8 Å². The number of anilines is 1. The van der Waals surface area contributed by atoms with E-state index in [1.165, 1.54) is 12.1 Å². The largest absolute Gasteiger partial charge is 0.277 e. The van der Waals surface area contributed by atoms with Crippen molar-refractivity contribution < 1.29 is 21.6 Å². The van der Waals surface area contributed by atoms with Gasteiger partial charge in [-0.3, -0.25) is 4.72 Å². The van der Waals surface area contributed by atoms with Crippen LogP contribution < -0.4 is 4.72 Å². The average molecular weight is 337 g/mol. The topological polar surface area (TPSA) is 46.2 Å². The fourth-order valence-corrected chi connectivity index (χ4v) is 3.52. The molecule has 0 aromatic heterocycles. The first-order valence-electron chi connectivity index (χ1n) is 6.53. The molecule has 0 radical (unpaired) electrons. The lowest BCUT2D eigenvalue weighted by molar-refractivity contribution is 0.583. The van der Waals surface area contributed by atoms with Crippen LogP contribution in [0.4, 0.5) is 18.9 Å². The molecule has 0 saturated heterocycles. The normalized spacial score (nSPS) is 11.6. The van der Waals surface area contributed by atoms with E-state index in [4.69, 9.17) is 0 Å². The van der Waals surface area contributed by atoms with Gasteiger partial charge in [-0.25, -0.2) is 21.6 Å². The highest BCUT2D eigenvalue weighted by Crippen LogP contribution is 2.27. The summed E-state index contributed by atoms with van der Waals surface area (Å²) in [6.07, 6.45) is 0. The zero-order valence-electron chi connectivity index (χ0n) is 11.6. The van der Waals surface area contributed by atoms with Crippen molar-refractivity contribution in [2.45, 2.75) is 4.90 Å². The van der Waals surface area contributed by atoms with Crippen molar-refractivity contribution in [3.8, 4) is 0 Å². The lowest BCUT2D eigenvalue weighted by Gasteiger charge is -2.11. The van der Waals surface area contributed by atoms with Crippen LogP contribution in [-0.4, -0.2) is 8.42 Å². The van der Waals surface area contributed by atoms with Crippen LogP contribution in [0.15, 0.2) is 59.5 Å². The summed E-state index contributed by atoms with van der Waals surface area (Å²) in [7, 11) is -4.17. The number of benzene rings is 3. The molecular formula is C16H10F3NO2S. The van der Waals surface area contributed by atoms with Crippen molar-refractivity contribution >= 4 is 26.5 Å². The van der Waals surface area contributed by atoms with Crippen LogP contribution in [0.3, 0.4) is 0 Å². The monoisotopic (exact) mass is 337 g/mol. The summed E-state index contributed by atoms with van der Waals surface area (Å²) < 4.78 is 67.3. The van der Waals surface area contributed by atoms with Gasteiger partial charge in [-0.1, -0.05) is 24.3 Å². The molecule has 0 amide bonds. The number of sulfonamides is 1. The molecule has 3 aromatic carbocycles. The Balaban J connectivity index is 2.12. The Morgan fingerprint density at radius 2 is 1.48 bits per heavy atom. The summed E-state index contributed by atoms with van der Waals surface area (Å²) >= 11 is 0. The summed E-state index contributed by atoms with van der Waals surface area (Å²) in [5, 5.41) is 0.303. The Labute approximate surface area is 130 Å². The lowest BCUT2D eigenvalue weighted by atomic mass is 10.1. The van der Waals surface area contributed by atoms with E-state index < -0.39 is 27.5 Å². The third-order valence-corrected chi connectivity index (χ3v) is 4.72. The van der Waals surface area contributed by atoms with E-state index in [2.05, 4.69) is 0 Å². The van der Waals surface area contributed by atoms with E-state index in [1.54, 1.807) is 12.1 Å². The molecule has 0 saturated carbocycles. The van der Waals surface area contributed by atoms with Crippen molar-refractivity contribution in [2.75, 3.05) is 4.72 Å². The second kappa shape index (κ2) is 5.58. The predicted molar refractivity (Wildman–Crippen MR) is 81.1 cm³/mol. The Morgan fingerprint density at radius 1 is 0.783 bits per heavy atom. The molecule has 0 fully saturated rings. The number of halogens is 3. The standard InChI is InChI=1S/C16H10F3NO2S/c17-10-5-7-15(14(19)9-10)20-23(21,22)16-8-6-13(18)11-3-1-2-4-12(11)16/h1-9,20H. The fraction of sp³-hybridized carbons (Fsp3) is 0. The maximum Gasteiger partial charge on any atom is 0.262 e. The van der Waals surface area contributed by atoms with E-state index in [-0.39, 0.29) is 21.4 Å². The molecule has 0 aliphatic carbocycles. The van der Waals surface area contributed by atoms with Gasteiger partial charge < -0.3 is 0 Å². The molecular weight excluding hydrogens is 327 g/mol. The number of nitrogens with one attached hydrogen (secondary N) is 1. The molecule has 3 rings (SSSR count). The summed E-state index contributed by atoms with van der Waals surface area (Å²) in [6, 6.07) is 10.7. The Morgan fingerprint density at radius 3 is 2.17 bits per heavy atom. The van der Waals surface area contributed by atoms with Gasteiger partial charge in [0.1, 0.15) is 17.5 Å². The Kier molecular flexibility index (Phi) is 3.73. The molecule has 7 heteroatoms. The molecule has 0 bridgehead atoms. The van der Waals surface area contributed by atoms with Gasteiger partial charge in [0.05, 0.1) is 10.6 Å². The SMILES string of the molecule is O=S(=O)(Nc1ccc(F)cc1F)c1ccc(F)c2ccccc12. The van der Waals surface area contributed by atoms with Gasteiger partial charge in [-0.05, 0) is 24.3 Å². The Hall–Kier alpha value is -2.54. The molecule has 0 spiro atoms. The highest BCUT2D eigenvalue weighted by atomic mass is 32.2. The van der Waals surface area contributed by atoms with Gasteiger partial charge in [0.25, 0.3) is 10.0 Å². The minimum absolute atomic E-state index is 0.134. The van der Waals surface area contributed by atoms with Crippen molar-refractivity contribution in [3.63, 3.8) is 0 Å². The van der Waals surface area contributed by atoms with Crippen molar-refractivity contribution in [1.29, 1.82) is 0 Å². The second-order valence-corrected chi connectivity index (χ2v) is 6.47. The number of hydrogen-bond donors (Lipinski definition) is 1. The smallest absolute Gasteiger partial charge is 0.262 e. The minimum Gasteiger partial charge on any atom is -0.277 e. The van der Waals surface area contributed by atoms with E-state index >= 15 is 0 Å². The van der Waals surface area contributed by atoms with Crippen LogP contribution >= 0.6 is 0 Å². The number of rotatable bonds is 3. The first-order chi connectivity index (χ1) is 10.9. The molecule has 0 heterocycles. The van der Waals surface area contributed by atoms with Crippen LogP contribution in [0.5, 0.6) is 0 Å². The predicted octanol–water partition coefficient (Wildman–Crippen LogP) is 4.06. The van der Waals surface area contributed by atoms with Crippen LogP contribution in [-0.2, 0) is 10.0 Å². The average Bonchev–Trinajstić information content (AvgIpc) is 2.50. The molecule has 23 heavy (non-hydrogen) atoms. The third kappa shape index (κ3) is 2.87. The summed E-state index contributed by atoms with van der Waals surface area (Å²) in [6.45, 7) is 0. The molecule has 3 aromatic rings. The zero-order valence-corrected chi connectivity index (χ0v) is 12.4. The molecule has 118 valence electrons. The highest BCUT2D eigenvalue weighted by Gasteiger charge is 2.20. The van der Waals surface area contributed by atoms with Crippen molar-refractivity contribution in [1.82, 2.24) is 0 Å². The van der Waals surface area contributed by atoms with E-state index in [1.807, 2.05) is 4.72 Å². The van der Waals surface area contributed by atoms with Crippen molar-refractivity contribution in [3.05, 3.63) is 72.0 Å². The van der Waals surface area contributed by atoms with Crippen molar-refractivity contribution in [2.24, 2.45) is 0 Å². The van der Waals surface area contributed by atoms with Crippen LogP contribution in [0.1, 0.15) is 0 Å². The number of hydrogen-bond acceptors (Lipinski definition) is 2. The second-order valence-electron chi connectivity index (χ2n) is 4.82. The Bertz CT molecular complexity index is 1000.